The van der Waals surface area contributed by atoms with E-state index in [1.165, 1.54) is 5.56 Å². The Morgan fingerprint density at radius 2 is 1.64 bits per heavy atom. The summed E-state index contributed by atoms with van der Waals surface area (Å²) in [4.78, 5) is 2.29. The molecule has 2 aromatic rings. The van der Waals surface area contributed by atoms with Gasteiger partial charge in [-0.05, 0) is 43.1 Å². The van der Waals surface area contributed by atoms with E-state index in [0.29, 0.717) is 0 Å². The van der Waals surface area contributed by atoms with Crippen LogP contribution >= 0.6 is 0 Å². The molecule has 3 heteroatoms. The smallest absolute Gasteiger partial charge is 0.130 e. The molecule has 22 heavy (non-hydrogen) atoms. The fourth-order valence-corrected chi connectivity index (χ4v) is 2.50. The standard InChI is InChI=1S/C19H25NO2/c1-2-13-20(15-16-21)14-12-17-8-6-7-11-19(17)22-18-9-4-3-5-10-18/h3-11,21H,2,12-16H2,1H3. The van der Waals surface area contributed by atoms with Gasteiger partial charge in [-0.15, -0.1) is 0 Å². The molecule has 0 aliphatic heterocycles. The summed E-state index contributed by atoms with van der Waals surface area (Å²) in [7, 11) is 0. The number of aliphatic hydroxyl groups is 1. The fraction of sp³-hybridized carbons (Fsp3) is 0.368. The van der Waals surface area contributed by atoms with Crippen LogP contribution in [0.4, 0.5) is 0 Å². The van der Waals surface area contributed by atoms with Crippen molar-refractivity contribution in [2.24, 2.45) is 0 Å². The van der Waals surface area contributed by atoms with Crippen molar-refractivity contribution in [3.05, 3.63) is 60.2 Å². The number of rotatable bonds is 9. The van der Waals surface area contributed by atoms with Crippen molar-refractivity contribution in [2.75, 3.05) is 26.2 Å². The molecule has 0 saturated carbocycles. The minimum atomic E-state index is 0.210. The van der Waals surface area contributed by atoms with Gasteiger partial charge in [-0.1, -0.05) is 43.3 Å². The first-order valence-corrected chi connectivity index (χ1v) is 7.97. The maximum absolute atomic E-state index is 9.14. The Morgan fingerprint density at radius 1 is 0.909 bits per heavy atom. The fourth-order valence-electron chi connectivity index (χ4n) is 2.50. The van der Waals surface area contributed by atoms with Gasteiger partial charge in [0.05, 0.1) is 6.61 Å². The summed E-state index contributed by atoms with van der Waals surface area (Å²) < 4.78 is 5.99. The highest BCUT2D eigenvalue weighted by Crippen LogP contribution is 2.25. The van der Waals surface area contributed by atoms with Gasteiger partial charge in [0.25, 0.3) is 0 Å². The topological polar surface area (TPSA) is 32.7 Å². The van der Waals surface area contributed by atoms with Crippen LogP contribution in [-0.4, -0.2) is 36.2 Å². The van der Waals surface area contributed by atoms with Gasteiger partial charge in [0.15, 0.2) is 0 Å². The Hall–Kier alpha value is -1.84. The lowest BCUT2D eigenvalue weighted by atomic mass is 10.1. The van der Waals surface area contributed by atoms with Crippen molar-refractivity contribution in [1.29, 1.82) is 0 Å². The van der Waals surface area contributed by atoms with Crippen LogP contribution in [0.2, 0.25) is 0 Å². The molecule has 0 radical (unpaired) electrons. The molecule has 0 spiro atoms. The van der Waals surface area contributed by atoms with E-state index in [0.717, 1.165) is 44.0 Å². The molecular formula is C19H25NO2. The summed E-state index contributed by atoms with van der Waals surface area (Å²) in [5.41, 5.74) is 1.20. The maximum atomic E-state index is 9.14. The van der Waals surface area contributed by atoms with Crippen molar-refractivity contribution in [3.63, 3.8) is 0 Å². The highest BCUT2D eigenvalue weighted by Gasteiger charge is 2.08. The van der Waals surface area contributed by atoms with E-state index in [4.69, 9.17) is 9.84 Å². The lowest BCUT2D eigenvalue weighted by molar-refractivity contribution is 0.197. The summed E-state index contributed by atoms with van der Waals surface area (Å²) in [5, 5.41) is 9.14. The van der Waals surface area contributed by atoms with Crippen molar-refractivity contribution in [3.8, 4) is 11.5 Å². The quantitative estimate of drug-likeness (QED) is 0.766. The van der Waals surface area contributed by atoms with Crippen LogP contribution in [0, 0.1) is 0 Å². The summed E-state index contributed by atoms with van der Waals surface area (Å²) in [6.07, 6.45) is 2.02. The molecule has 1 N–H and O–H groups in total. The first kappa shape index (κ1) is 16.5. The highest BCUT2D eigenvalue weighted by atomic mass is 16.5. The Labute approximate surface area is 133 Å². The van der Waals surface area contributed by atoms with E-state index in [2.05, 4.69) is 17.9 Å². The van der Waals surface area contributed by atoms with Gasteiger partial charge in [0.2, 0.25) is 0 Å². The van der Waals surface area contributed by atoms with Gasteiger partial charge in [-0.3, -0.25) is 0 Å². The van der Waals surface area contributed by atoms with Crippen LogP contribution in [0.15, 0.2) is 54.6 Å². The molecule has 0 atom stereocenters. The van der Waals surface area contributed by atoms with E-state index < -0.39 is 0 Å². The number of nitrogens with zero attached hydrogens (tertiary/aromatic N) is 1. The average Bonchev–Trinajstić information content (AvgIpc) is 2.55. The normalized spacial score (nSPS) is 10.9. The predicted octanol–water partition coefficient (Wildman–Crippen LogP) is 3.73. The second-order valence-electron chi connectivity index (χ2n) is 5.34. The van der Waals surface area contributed by atoms with Crippen LogP contribution in [0.25, 0.3) is 0 Å². The van der Waals surface area contributed by atoms with Gasteiger partial charge in [0.1, 0.15) is 11.5 Å². The van der Waals surface area contributed by atoms with Crippen LogP contribution in [-0.2, 0) is 6.42 Å². The third-order valence-corrected chi connectivity index (χ3v) is 3.60. The molecular weight excluding hydrogens is 274 g/mol. The molecule has 118 valence electrons. The second kappa shape index (κ2) is 9.23. The van der Waals surface area contributed by atoms with Crippen LogP contribution in [0.5, 0.6) is 11.5 Å². The van der Waals surface area contributed by atoms with Gasteiger partial charge < -0.3 is 14.7 Å². The molecule has 2 aromatic carbocycles. The molecule has 2 rings (SSSR count). The maximum Gasteiger partial charge on any atom is 0.130 e. The number of benzene rings is 2. The van der Waals surface area contributed by atoms with Crippen LogP contribution in [0.3, 0.4) is 0 Å². The van der Waals surface area contributed by atoms with Gasteiger partial charge in [-0.2, -0.15) is 0 Å². The van der Waals surface area contributed by atoms with Crippen LogP contribution in [0.1, 0.15) is 18.9 Å². The zero-order valence-corrected chi connectivity index (χ0v) is 13.2. The Bertz CT molecular complexity index is 536. The first-order chi connectivity index (χ1) is 10.8. The number of aliphatic hydroxyl groups excluding tert-OH is 1. The van der Waals surface area contributed by atoms with E-state index in [9.17, 15) is 0 Å². The molecule has 0 bridgehead atoms. The molecule has 0 aromatic heterocycles. The molecule has 0 aliphatic rings. The third-order valence-electron chi connectivity index (χ3n) is 3.60. The molecule has 0 saturated heterocycles. The second-order valence-corrected chi connectivity index (χ2v) is 5.34. The minimum Gasteiger partial charge on any atom is -0.457 e. The molecule has 0 fully saturated rings. The zero-order valence-electron chi connectivity index (χ0n) is 13.2. The van der Waals surface area contributed by atoms with Crippen molar-refractivity contribution >= 4 is 0 Å². The van der Waals surface area contributed by atoms with Crippen LogP contribution < -0.4 is 4.74 Å². The number of hydrogen-bond donors (Lipinski definition) is 1. The van der Waals surface area contributed by atoms with Gasteiger partial charge >= 0.3 is 0 Å². The number of hydrogen-bond acceptors (Lipinski definition) is 3. The highest BCUT2D eigenvalue weighted by molar-refractivity contribution is 5.37. The van der Waals surface area contributed by atoms with E-state index in [1.807, 2.05) is 48.5 Å². The van der Waals surface area contributed by atoms with Gasteiger partial charge in [-0.25, -0.2) is 0 Å². The van der Waals surface area contributed by atoms with Crippen molar-refractivity contribution < 1.29 is 9.84 Å². The summed E-state index contributed by atoms with van der Waals surface area (Å²) >= 11 is 0. The Balaban J connectivity index is 2.01. The molecule has 0 amide bonds. The lowest BCUT2D eigenvalue weighted by Gasteiger charge is -2.21. The zero-order chi connectivity index (χ0) is 15.6. The third kappa shape index (κ3) is 5.17. The van der Waals surface area contributed by atoms with E-state index in [1.54, 1.807) is 0 Å². The SMILES string of the molecule is CCCN(CCO)CCc1ccccc1Oc1ccccc1. The first-order valence-electron chi connectivity index (χ1n) is 7.97. The molecule has 0 heterocycles. The average molecular weight is 299 g/mol. The largest absolute Gasteiger partial charge is 0.457 e. The predicted molar refractivity (Wildman–Crippen MR) is 90.5 cm³/mol. The molecule has 0 unspecified atom stereocenters. The number of para-hydroxylation sites is 2. The summed E-state index contributed by atoms with van der Waals surface area (Å²) in [6.45, 7) is 5.06. The monoisotopic (exact) mass is 299 g/mol. The van der Waals surface area contributed by atoms with Gasteiger partial charge in [0, 0.05) is 13.1 Å². The molecule has 0 aliphatic carbocycles. The Morgan fingerprint density at radius 3 is 2.36 bits per heavy atom. The van der Waals surface area contributed by atoms with Crippen molar-refractivity contribution in [1.82, 2.24) is 4.90 Å². The van der Waals surface area contributed by atoms with E-state index >= 15 is 0 Å². The lowest BCUT2D eigenvalue weighted by Crippen LogP contribution is -2.29. The summed E-state index contributed by atoms with van der Waals surface area (Å²) in [5.74, 6) is 1.77. The molecule has 3 nitrogen and oxygen atoms in total. The van der Waals surface area contributed by atoms with E-state index in [-0.39, 0.29) is 6.61 Å². The minimum absolute atomic E-state index is 0.210. The number of ether oxygens (including phenoxy) is 1. The Kier molecular flexibility index (Phi) is 6.94. The summed E-state index contributed by atoms with van der Waals surface area (Å²) in [6, 6.07) is 18.0. The van der Waals surface area contributed by atoms with Crippen molar-refractivity contribution in [2.45, 2.75) is 19.8 Å².